The molecule has 0 aromatic heterocycles. The Balaban J connectivity index is 0.00000423. The molecule has 0 spiro atoms. The van der Waals surface area contributed by atoms with Crippen molar-refractivity contribution in [1.82, 2.24) is 4.90 Å². The zero-order valence-electron chi connectivity index (χ0n) is 25.8. The summed E-state index contributed by atoms with van der Waals surface area (Å²) >= 11 is 0. The van der Waals surface area contributed by atoms with Gasteiger partial charge in [0.2, 0.25) is 0 Å². The van der Waals surface area contributed by atoms with E-state index in [1.807, 2.05) is 13.8 Å². The molecule has 3 aliphatic rings. The fraction of sp³-hybridized carbons (Fsp3) is 0.514. The van der Waals surface area contributed by atoms with Crippen molar-refractivity contribution in [2.24, 2.45) is 5.92 Å². The maximum atomic E-state index is 13.9. The van der Waals surface area contributed by atoms with Crippen molar-refractivity contribution < 1.29 is 19.1 Å². The van der Waals surface area contributed by atoms with Gasteiger partial charge in [-0.3, -0.25) is 14.5 Å². The number of nitrogens with zero attached hydrogens (tertiary/aromatic N) is 2. The van der Waals surface area contributed by atoms with Gasteiger partial charge in [0, 0.05) is 69.0 Å². The number of rotatable bonds is 10. The first-order valence-electron chi connectivity index (χ1n) is 15.7. The molecule has 6 nitrogen and oxygen atoms in total. The van der Waals surface area contributed by atoms with E-state index in [1.54, 1.807) is 6.08 Å². The third-order valence-corrected chi connectivity index (χ3v) is 9.14. The number of carbonyl (C=O) groups is 2. The predicted molar refractivity (Wildman–Crippen MR) is 176 cm³/mol. The maximum absolute atomic E-state index is 13.9. The highest BCUT2D eigenvalue weighted by Gasteiger charge is 2.27. The molecule has 1 atom stereocenters. The van der Waals surface area contributed by atoms with Crippen LogP contribution in [-0.4, -0.2) is 68.6 Å². The minimum absolute atomic E-state index is 0. The SMILES string of the molecule is C.CCN(c1cc(-c2ccc(CN3CCOCC3)cc2)cc(C(=O)CCC2C(=O)C=C(C)C=C2C)c1C)C1CCOCC1. The Labute approximate surface area is 258 Å². The van der Waals surface area contributed by atoms with Crippen LogP contribution in [0, 0.1) is 12.8 Å². The Bertz CT molecular complexity index is 1330. The molecule has 5 rings (SSSR count). The monoisotopic (exact) mass is 586 g/mol. The van der Waals surface area contributed by atoms with Crippen LogP contribution in [0.1, 0.15) is 75.4 Å². The summed E-state index contributed by atoms with van der Waals surface area (Å²) in [6, 6.07) is 13.5. The van der Waals surface area contributed by atoms with Gasteiger partial charge < -0.3 is 14.4 Å². The first-order valence-corrected chi connectivity index (χ1v) is 15.7. The molecule has 2 heterocycles. The average Bonchev–Trinajstić information content (AvgIpc) is 2.99. The van der Waals surface area contributed by atoms with Gasteiger partial charge in [-0.15, -0.1) is 0 Å². The van der Waals surface area contributed by atoms with Gasteiger partial charge in [0.15, 0.2) is 11.6 Å². The van der Waals surface area contributed by atoms with Gasteiger partial charge in [0.1, 0.15) is 0 Å². The zero-order chi connectivity index (χ0) is 29.6. The molecule has 0 amide bonds. The lowest BCUT2D eigenvalue weighted by atomic mass is 9.84. The molecule has 43 heavy (non-hydrogen) atoms. The minimum atomic E-state index is -0.214. The molecule has 2 saturated heterocycles. The quantitative estimate of drug-likeness (QED) is 0.275. The first-order chi connectivity index (χ1) is 20.3. The van der Waals surface area contributed by atoms with Crippen LogP contribution < -0.4 is 4.90 Å². The van der Waals surface area contributed by atoms with Gasteiger partial charge in [0.25, 0.3) is 0 Å². The van der Waals surface area contributed by atoms with Crippen molar-refractivity contribution in [3.8, 4) is 11.1 Å². The molecule has 1 aliphatic carbocycles. The van der Waals surface area contributed by atoms with Crippen LogP contribution in [0.5, 0.6) is 0 Å². The molecule has 232 valence electrons. The summed E-state index contributed by atoms with van der Waals surface area (Å²) in [6.07, 6.45) is 6.63. The lowest BCUT2D eigenvalue weighted by Crippen LogP contribution is -2.40. The maximum Gasteiger partial charge on any atom is 0.163 e. The first kappa shape index (κ1) is 32.8. The summed E-state index contributed by atoms with van der Waals surface area (Å²) in [6.45, 7) is 15.1. The third-order valence-electron chi connectivity index (χ3n) is 9.14. The molecule has 0 saturated carbocycles. The number of hydrogen-bond acceptors (Lipinski definition) is 6. The predicted octanol–water partition coefficient (Wildman–Crippen LogP) is 7.19. The molecule has 0 N–H and O–H groups in total. The van der Waals surface area contributed by atoms with Crippen LogP contribution >= 0.6 is 0 Å². The van der Waals surface area contributed by atoms with Gasteiger partial charge >= 0.3 is 0 Å². The second-order valence-corrected chi connectivity index (χ2v) is 12.1. The number of hydrogen-bond donors (Lipinski definition) is 0. The van der Waals surface area contributed by atoms with E-state index in [1.165, 1.54) is 5.56 Å². The molecule has 6 heteroatoms. The van der Waals surface area contributed by atoms with Crippen molar-refractivity contribution in [2.45, 2.75) is 73.4 Å². The molecule has 0 bridgehead atoms. The fourth-order valence-electron chi connectivity index (χ4n) is 6.73. The van der Waals surface area contributed by atoms with Crippen LogP contribution in [0.4, 0.5) is 5.69 Å². The summed E-state index contributed by atoms with van der Waals surface area (Å²) in [5.41, 5.74) is 8.41. The Morgan fingerprint density at radius 1 is 0.930 bits per heavy atom. The Kier molecular flexibility index (Phi) is 11.5. The number of ether oxygens (including phenoxy) is 2. The Morgan fingerprint density at radius 2 is 1.60 bits per heavy atom. The van der Waals surface area contributed by atoms with Crippen LogP contribution in [0.25, 0.3) is 11.1 Å². The van der Waals surface area contributed by atoms with Crippen LogP contribution in [0.3, 0.4) is 0 Å². The average molecular weight is 587 g/mol. The molecular formula is C37H50N2O4. The standard InChI is InChI=1S/C36H46N2O4.CH4/c1-5-38(31-12-16-41-17-13-31)34-23-30(29-8-6-28(7-9-29)24-37-14-18-42-19-15-37)22-33(27(34)4)35(39)11-10-32-26(3)20-25(2)21-36(32)40;/h6-9,20-23,31-32H,5,10-19,24H2,1-4H3;1H4. The second kappa shape index (κ2) is 15.1. The topological polar surface area (TPSA) is 59.1 Å². The summed E-state index contributed by atoms with van der Waals surface area (Å²) in [5, 5.41) is 0. The van der Waals surface area contributed by atoms with Gasteiger partial charge in [0.05, 0.1) is 13.2 Å². The van der Waals surface area contributed by atoms with Crippen molar-refractivity contribution in [2.75, 3.05) is 51.0 Å². The molecule has 0 radical (unpaired) electrons. The molecule has 2 aliphatic heterocycles. The smallest absolute Gasteiger partial charge is 0.163 e. The summed E-state index contributed by atoms with van der Waals surface area (Å²) in [7, 11) is 0. The highest BCUT2D eigenvalue weighted by atomic mass is 16.5. The molecule has 2 aromatic rings. The van der Waals surface area contributed by atoms with Gasteiger partial charge in [-0.05, 0) is 93.0 Å². The third kappa shape index (κ3) is 7.91. The van der Waals surface area contributed by atoms with E-state index >= 15 is 0 Å². The molecular weight excluding hydrogens is 536 g/mol. The van der Waals surface area contributed by atoms with Gasteiger partial charge in [-0.1, -0.05) is 43.3 Å². The van der Waals surface area contributed by atoms with Crippen molar-refractivity contribution in [1.29, 1.82) is 0 Å². The number of allylic oxidation sites excluding steroid dienone is 4. The second-order valence-electron chi connectivity index (χ2n) is 12.1. The molecule has 2 aromatic carbocycles. The van der Waals surface area contributed by atoms with Crippen molar-refractivity contribution >= 4 is 17.3 Å². The Hall–Kier alpha value is -3.06. The molecule has 1 unspecified atom stereocenters. The Morgan fingerprint density at radius 3 is 2.26 bits per heavy atom. The highest BCUT2D eigenvalue weighted by Crippen LogP contribution is 2.35. The number of Topliss-reactive ketones (excluding diaryl/α,β-unsaturated/α-hetero) is 1. The van der Waals surface area contributed by atoms with Gasteiger partial charge in [-0.25, -0.2) is 0 Å². The zero-order valence-corrected chi connectivity index (χ0v) is 25.8. The highest BCUT2D eigenvalue weighted by molar-refractivity contribution is 6.01. The minimum Gasteiger partial charge on any atom is -0.381 e. The van der Waals surface area contributed by atoms with E-state index in [9.17, 15) is 9.59 Å². The number of morpholine rings is 1. The van der Waals surface area contributed by atoms with E-state index in [-0.39, 0.29) is 24.9 Å². The van der Waals surface area contributed by atoms with E-state index < -0.39 is 0 Å². The molecule has 2 fully saturated rings. The van der Waals surface area contributed by atoms with E-state index in [2.05, 4.69) is 66.1 Å². The van der Waals surface area contributed by atoms with Gasteiger partial charge in [-0.2, -0.15) is 0 Å². The summed E-state index contributed by atoms with van der Waals surface area (Å²) in [5.74, 6) is 0.00347. The number of anilines is 1. The van der Waals surface area contributed by atoms with Crippen LogP contribution in [0.2, 0.25) is 0 Å². The van der Waals surface area contributed by atoms with Crippen LogP contribution in [0.15, 0.2) is 59.7 Å². The number of benzene rings is 2. The van der Waals surface area contributed by atoms with Crippen molar-refractivity contribution in [3.63, 3.8) is 0 Å². The summed E-state index contributed by atoms with van der Waals surface area (Å²) < 4.78 is 11.2. The largest absolute Gasteiger partial charge is 0.381 e. The summed E-state index contributed by atoms with van der Waals surface area (Å²) in [4.78, 5) is 31.5. The number of carbonyl (C=O) groups excluding carboxylic acids is 2. The van der Waals surface area contributed by atoms with E-state index in [4.69, 9.17) is 9.47 Å². The van der Waals surface area contributed by atoms with Crippen LogP contribution in [-0.2, 0) is 20.8 Å². The van der Waals surface area contributed by atoms with E-state index in [0.717, 1.165) is 105 Å². The normalized spacial score (nSPS) is 19.8. The lowest BCUT2D eigenvalue weighted by molar-refractivity contribution is -0.117. The fourth-order valence-corrected chi connectivity index (χ4v) is 6.73. The van der Waals surface area contributed by atoms with Crippen molar-refractivity contribution in [3.05, 3.63) is 76.4 Å². The van der Waals surface area contributed by atoms with E-state index in [0.29, 0.717) is 18.9 Å². The lowest BCUT2D eigenvalue weighted by Gasteiger charge is -2.37. The number of ketones is 2.